The average Bonchev–Trinajstić information content (AvgIpc) is 3.53. The molecule has 0 spiro atoms. The van der Waals surface area contributed by atoms with E-state index >= 15 is 8.78 Å². The van der Waals surface area contributed by atoms with E-state index < -0.39 is 46.1 Å². The number of alkyl halides is 2. The number of aliphatic hydroxyl groups is 1. The Morgan fingerprint density at radius 3 is 1.86 bits per heavy atom. The molecule has 1 fully saturated rings. The molecule has 3 heterocycles. The van der Waals surface area contributed by atoms with Gasteiger partial charge in [0.1, 0.15) is 17.3 Å². The highest BCUT2D eigenvalue weighted by molar-refractivity contribution is 5.66. The molecule has 3 aromatic carbocycles. The number of halogens is 4. The van der Waals surface area contributed by atoms with Gasteiger partial charge in [0, 0.05) is 60.9 Å². The van der Waals surface area contributed by atoms with Gasteiger partial charge in [-0.15, -0.1) is 0 Å². The number of aromatic amines is 1. The SMILES string of the molecule is CC(C)(C)C(O)c1ccc(N2CCN(c3ccc(-c4ccc(C(F)(F)[C@@](C)(c5ccc(F)cc5F)n5nn[nH]c5=O)nc4)cc3)CC2)cc1. The lowest BCUT2D eigenvalue weighted by Crippen LogP contribution is -2.52. The number of pyridine rings is 1. The van der Waals surface area contributed by atoms with Crippen LogP contribution in [-0.2, 0) is 11.5 Å². The van der Waals surface area contributed by atoms with Gasteiger partial charge in [-0.05, 0) is 70.3 Å². The topological polar surface area (TPSA) is 103 Å². The van der Waals surface area contributed by atoms with E-state index in [9.17, 15) is 18.7 Å². The Morgan fingerprint density at radius 1 is 0.796 bits per heavy atom. The highest BCUT2D eigenvalue weighted by Crippen LogP contribution is 2.47. The van der Waals surface area contributed by atoms with Crippen molar-refractivity contribution in [3.05, 3.63) is 124 Å². The lowest BCUT2D eigenvalue weighted by atomic mass is 9.83. The van der Waals surface area contributed by atoms with Crippen molar-refractivity contribution in [2.75, 3.05) is 36.0 Å². The van der Waals surface area contributed by atoms with Crippen LogP contribution in [0.25, 0.3) is 11.1 Å². The summed E-state index contributed by atoms with van der Waals surface area (Å²) in [5.41, 5.74) is -1.13. The van der Waals surface area contributed by atoms with Gasteiger partial charge in [0.25, 0.3) is 0 Å². The highest BCUT2D eigenvalue weighted by Gasteiger charge is 2.58. The van der Waals surface area contributed by atoms with Crippen LogP contribution in [0.15, 0.2) is 89.9 Å². The number of nitrogens with zero attached hydrogens (tertiary/aromatic N) is 6. The van der Waals surface area contributed by atoms with E-state index in [1.165, 1.54) is 12.3 Å². The zero-order valence-corrected chi connectivity index (χ0v) is 27.5. The van der Waals surface area contributed by atoms with Gasteiger partial charge in [0.15, 0.2) is 5.54 Å². The molecular formula is C36H37F4N7O2. The molecular weight excluding hydrogens is 638 g/mol. The number of anilines is 2. The number of piperazine rings is 1. The van der Waals surface area contributed by atoms with Gasteiger partial charge in [-0.25, -0.2) is 18.7 Å². The third-order valence-corrected chi connectivity index (χ3v) is 9.29. The number of tetrazole rings is 1. The molecule has 49 heavy (non-hydrogen) atoms. The molecule has 2 aromatic heterocycles. The first-order valence-corrected chi connectivity index (χ1v) is 15.9. The molecule has 13 heteroatoms. The Kier molecular flexibility index (Phi) is 8.82. The van der Waals surface area contributed by atoms with Crippen molar-refractivity contribution in [2.24, 2.45) is 5.41 Å². The summed E-state index contributed by atoms with van der Waals surface area (Å²) in [6, 6.07) is 20.6. The number of aliphatic hydroxyl groups excluding tert-OH is 1. The van der Waals surface area contributed by atoms with Crippen LogP contribution in [0, 0.1) is 17.0 Å². The summed E-state index contributed by atoms with van der Waals surface area (Å²) < 4.78 is 61.7. The molecule has 5 aromatic rings. The molecule has 2 atom stereocenters. The van der Waals surface area contributed by atoms with Crippen LogP contribution in [0.2, 0.25) is 0 Å². The minimum Gasteiger partial charge on any atom is -0.388 e. The van der Waals surface area contributed by atoms with E-state index in [1.807, 2.05) is 62.3 Å². The maximum Gasteiger partial charge on any atom is 0.362 e. The van der Waals surface area contributed by atoms with Gasteiger partial charge >= 0.3 is 11.6 Å². The zero-order valence-electron chi connectivity index (χ0n) is 27.5. The second-order valence-electron chi connectivity index (χ2n) is 13.5. The maximum absolute atomic E-state index is 16.4. The largest absolute Gasteiger partial charge is 0.388 e. The van der Waals surface area contributed by atoms with Crippen LogP contribution >= 0.6 is 0 Å². The Hall–Kier alpha value is -5.04. The number of hydrogen-bond acceptors (Lipinski definition) is 7. The summed E-state index contributed by atoms with van der Waals surface area (Å²) in [4.78, 5) is 21.1. The van der Waals surface area contributed by atoms with Crippen molar-refractivity contribution in [3.8, 4) is 11.1 Å². The first-order valence-electron chi connectivity index (χ1n) is 15.9. The summed E-state index contributed by atoms with van der Waals surface area (Å²) in [6.45, 7) is 10.2. The van der Waals surface area contributed by atoms with E-state index in [1.54, 1.807) is 0 Å². The third-order valence-electron chi connectivity index (χ3n) is 9.29. The van der Waals surface area contributed by atoms with Crippen molar-refractivity contribution in [3.63, 3.8) is 0 Å². The van der Waals surface area contributed by atoms with Gasteiger partial charge in [-0.3, -0.25) is 4.98 Å². The number of nitrogens with one attached hydrogen (secondary N) is 1. The van der Waals surface area contributed by atoms with Gasteiger partial charge in [-0.1, -0.05) is 57.2 Å². The van der Waals surface area contributed by atoms with Gasteiger partial charge < -0.3 is 14.9 Å². The average molecular weight is 676 g/mol. The van der Waals surface area contributed by atoms with E-state index in [0.717, 1.165) is 73.8 Å². The fourth-order valence-electron chi connectivity index (χ4n) is 6.25. The molecule has 0 amide bonds. The fraction of sp³-hybridized carbons (Fsp3) is 0.333. The number of aromatic nitrogens is 5. The van der Waals surface area contributed by atoms with Crippen LogP contribution < -0.4 is 15.5 Å². The van der Waals surface area contributed by atoms with Crippen LogP contribution in [0.1, 0.15) is 50.6 Å². The molecule has 0 aliphatic carbocycles. The summed E-state index contributed by atoms with van der Waals surface area (Å²) >= 11 is 0. The van der Waals surface area contributed by atoms with Crippen molar-refractivity contribution >= 4 is 11.4 Å². The third kappa shape index (κ3) is 6.30. The Bertz CT molecular complexity index is 1970. The number of hydrogen-bond donors (Lipinski definition) is 2. The lowest BCUT2D eigenvalue weighted by molar-refractivity contribution is -0.104. The Balaban J connectivity index is 1.16. The standard InChI is InChI=1S/C36H37F4N7O2/c1-34(2,3)32(48)24-7-13-28(14-8-24)46-19-17-45(18-20-46)27-11-5-23(6-12-27)25-9-16-31(41-22-25)36(39,40)35(4,47-33(49)42-43-44-47)29-15-10-26(37)21-30(29)38/h5-16,21-22,32,48H,17-20H2,1-4H3,(H,42,44,49)/t32?,35-/m1/s1. The predicted molar refractivity (Wildman–Crippen MR) is 179 cm³/mol. The second-order valence-corrected chi connectivity index (χ2v) is 13.5. The zero-order chi connectivity index (χ0) is 35.1. The van der Waals surface area contributed by atoms with Crippen molar-refractivity contribution in [1.82, 2.24) is 25.2 Å². The number of benzene rings is 3. The fourth-order valence-corrected chi connectivity index (χ4v) is 6.25. The molecule has 1 unspecified atom stereocenters. The molecule has 1 aliphatic rings. The van der Waals surface area contributed by atoms with E-state index in [2.05, 4.69) is 37.3 Å². The van der Waals surface area contributed by atoms with E-state index in [0.29, 0.717) is 16.3 Å². The minimum atomic E-state index is -3.99. The minimum absolute atomic E-state index is 0.241. The van der Waals surface area contributed by atoms with Crippen LogP contribution in [-0.4, -0.2) is 56.5 Å². The molecule has 2 N–H and O–H groups in total. The van der Waals surface area contributed by atoms with Gasteiger partial charge in [0.05, 0.1) is 6.10 Å². The molecule has 9 nitrogen and oxygen atoms in total. The van der Waals surface area contributed by atoms with Crippen molar-refractivity contribution < 1.29 is 22.7 Å². The summed E-state index contributed by atoms with van der Waals surface area (Å²) in [5.74, 6) is -6.23. The Labute approximate surface area is 280 Å². The normalized spacial score (nSPS) is 16.0. The first kappa shape index (κ1) is 33.8. The van der Waals surface area contributed by atoms with Crippen LogP contribution in [0.5, 0.6) is 0 Å². The van der Waals surface area contributed by atoms with Gasteiger partial charge in [-0.2, -0.15) is 13.5 Å². The summed E-state index contributed by atoms with van der Waals surface area (Å²) in [6.07, 6.45) is 0.749. The molecule has 6 rings (SSSR count). The molecule has 0 saturated carbocycles. The first-order chi connectivity index (χ1) is 23.2. The smallest absolute Gasteiger partial charge is 0.362 e. The second kappa shape index (κ2) is 12.8. The predicted octanol–water partition coefficient (Wildman–Crippen LogP) is 6.27. The van der Waals surface area contributed by atoms with Crippen LogP contribution in [0.3, 0.4) is 0 Å². The Morgan fingerprint density at radius 2 is 1.37 bits per heavy atom. The molecule has 1 saturated heterocycles. The van der Waals surface area contributed by atoms with Crippen molar-refractivity contribution in [1.29, 1.82) is 0 Å². The van der Waals surface area contributed by atoms with Crippen molar-refractivity contribution in [2.45, 2.75) is 45.3 Å². The maximum atomic E-state index is 16.4. The monoisotopic (exact) mass is 675 g/mol. The summed E-state index contributed by atoms with van der Waals surface area (Å²) in [7, 11) is 0. The van der Waals surface area contributed by atoms with Gasteiger partial charge in [0.2, 0.25) is 0 Å². The highest BCUT2D eigenvalue weighted by atomic mass is 19.3. The lowest BCUT2D eigenvalue weighted by Gasteiger charge is -2.37. The number of H-pyrrole nitrogens is 1. The van der Waals surface area contributed by atoms with E-state index in [-0.39, 0.29) is 5.41 Å². The number of rotatable bonds is 8. The molecule has 0 bridgehead atoms. The molecule has 1 aliphatic heterocycles. The molecule has 256 valence electrons. The summed E-state index contributed by atoms with van der Waals surface area (Å²) in [5, 5.41) is 19.3. The van der Waals surface area contributed by atoms with Crippen LogP contribution in [0.4, 0.5) is 28.9 Å². The van der Waals surface area contributed by atoms with E-state index in [4.69, 9.17) is 0 Å². The quantitative estimate of drug-likeness (QED) is 0.187. The molecule has 0 radical (unpaired) electrons.